The second-order valence-corrected chi connectivity index (χ2v) is 6.73. The summed E-state index contributed by atoms with van der Waals surface area (Å²) in [5.74, 6) is -0.193. The van der Waals surface area contributed by atoms with Crippen molar-refractivity contribution in [1.82, 2.24) is 10.2 Å². The Morgan fingerprint density at radius 2 is 1.85 bits per heavy atom. The molecule has 2 amide bonds. The summed E-state index contributed by atoms with van der Waals surface area (Å²) >= 11 is 0. The molecule has 0 saturated heterocycles. The first-order valence-electron chi connectivity index (χ1n) is 8.98. The molecule has 1 aliphatic carbocycles. The van der Waals surface area contributed by atoms with E-state index in [4.69, 9.17) is 0 Å². The van der Waals surface area contributed by atoms with Crippen LogP contribution in [0.3, 0.4) is 0 Å². The van der Waals surface area contributed by atoms with E-state index in [9.17, 15) is 9.59 Å². The van der Waals surface area contributed by atoms with Gasteiger partial charge in [-0.3, -0.25) is 14.5 Å². The van der Waals surface area contributed by atoms with E-state index in [-0.39, 0.29) is 17.9 Å². The van der Waals surface area contributed by atoms with E-state index in [0.717, 1.165) is 19.3 Å². The second-order valence-electron chi connectivity index (χ2n) is 6.73. The number of nitrogens with one attached hydrogen (secondary N) is 2. The highest BCUT2D eigenvalue weighted by Gasteiger charge is 2.24. The van der Waals surface area contributed by atoms with E-state index in [0.29, 0.717) is 17.8 Å². The Kier molecular flexibility index (Phi) is 5.68. The molecule has 5 heteroatoms. The first-order chi connectivity index (χ1) is 12.6. The summed E-state index contributed by atoms with van der Waals surface area (Å²) in [4.78, 5) is 26.1. The summed E-state index contributed by atoms with van der Waals surface area (Å²) in [5.41, 5.74) is 3.99. The van der Waals surface area contributed by atoms with Gasteiger partial charge in [0.05, 0.1) is 6.54 Å². The van der Waals surface area contributed by atoms with E-state index in [1.807, 2.05) is 7.05 Å². The summed E-state index contributed by atoms with van der Waals surface area (Å²) in [6, 6.07) is 15.7. The van der Waals surface area contributed by atoms with Crippen LogP contribution in [0.1, 0.15) is 40.4 Å². The first-order valence-corrected chi connectivity index (χ1v) is 8.98. The van der Waals surface area contributed by atoms with Crippen molar-refractivity contribution in [2.24, 2.45) is 0 Å². The van der Waals surface area contributed by atoms with E-state index >= 15 is 0 Å². The number of likely N-dealkylation sites (N-methyl/N-ethyl adjacent to an activating group) is 1. The van der Waals surface area contributed by atoms with Gasteiger partial charge >= 0.3 is 0 Å². The number of fused-ring (bicyclic) bond motifs is 1. The Balaban J connectivity index is 1.61. The minimum Gasteiger partial charge on any atom is -0.355 e. The zero-order valence-electron chi connectivity index (χ0n) is 15.3. The van der Waals surface area contributed by atoms with Crippen LogP contribution in [0.4, 0.5) is 5.69 Å². The van der Waals surface area contributed by atoms with Gasteiger partial charge in [0, 0.05) is 24.3 Å². The van der Waals surface area contributed by atoms with Crippen LogP contribution < -0.4 is 10.6 Å². The van der Waals surface area contributed by atoms with Crippen LogP contribution in [0.25, 0.3) is 0 Å². The Morgan fingerprint density at radius 3 is 2.58 bits per heavy atom. The second kappa shape index (κ2) is 8.15. The first kappa shape index (κ1) is 18.1. The van der Waals surface area contributed by atoms with Crippen molar-refractivity contribution in [3.8, 4) is 0 Å². The number of anilines is 1. The zero-order valence-corrected chi connectivity index (χ0v) is 15.3. The maximum atomic E-state index is 12.4. The molecule has 1 atom stereocenters. The average Bonchev–Trinajstić information content (AvgIpc) is 2.67. The predicted molar refractivity (Wildman–Crippen MR) is 103 cm³/mol. The highest BCUT2D eigenvalue weighted by molar-refractivity contribution is 5.96. The average molecular weight is 351 g/mol. The topological polar surface area (TPSA) is 61.4 Å². The fourth-order valence-electron chi connectivity index (χ4n) is 3.57. The van der Waals surface area contributed by atoms with Crippen molar-refractivity contribution in [1.29, 1.82) is 0 Å². The zero-order chi connectivity index (χ0) is 18.5. The van der Waals surface area contributed by atoms with Crippen molar-refractivity contribution in [3.63, 3.8) is 0 Å². The Morgan fingerprint density at radius 1 is 1.12 bits per heavy atom. The molecule has 0 aliphatic heterocycles. The predicted octanol–water partition coefficient (Wildman–Crippen LogP) is 2.99. The number of carbonyl (C=O) groups excluding carboxylic acids is 2. The van der Waals surface area contributed by atoms with Gasteiger partial charge in [-0.1, -0.05) is 24.3 Å². The molecule has 2 aromatic rings. The molecule has 0 fully saturated rings. The largest absolute Gasteiger partial charge is 0.355 e. The van der Waals surface area contributed by atoms with E-state index in [1.54, 1.807) is 31.3 Å². The van der Waals surface area contributed by atoms with Crippen molar-refractivity contribution in [3.05, 3.63) is 65.2 Å². The number of aryl methyl sites for hydroxylation is 1. The summed E-state index contributed by atoms with van der Waals surface area (Å²) in [6.07, 6.45) is 3.33. The molecule has 0 bridgehead atoms. The molecule has 0 aromatic heterocycles. The molecule has 3 rings (SSSR count). The highest BCUT2D eigenvalue weighted by atomic mass is 16.2. The molecule has 1 unspecified atom stereocenters. The Labute approximate surface area is 154 Å². The summed E-state index contributed by atoms with van der Waals surface area (Å²) in [5, 5.41) is 5.49. The SMILES string of the molecule is CNC(=O)c1ccc(NC(=O)CN(C)C2CCCc3ccccc32)cc1. The van der Waals surface area contributed by atoms with E-state index in [2.05, 4.69) is 39.8 Å². The van der Waals surface area contributed by atoms with Crippen LogP contribution in [0.15, 0.2) is 48.5 Å². The molecule has 26 heavy (non-hydrogen) atoms. The molecule has 0 radical (unpaired) electrons. The molecule has 1 aliphatic rings. The normalized spacial score (nSPS) is 16.0. The minimum atomic E-state index is -0.140. The van der Waals surface area contributed by atoms with E-state index in [1.165, 1.54) is 11.1 Å². The number of nitrogens with zero attached hydrogens (tertiary/aromatic N) is 1. The van der Waals surface area contributed by atoms with Crippen LogP contribution in [-0.4, -0.2) is 37.4 Å². The van der Waals surface area contributed by atoms with Crippen LogP contribution in [-0.2, 0) is 11.2 Å². The lowest BCUT2D eigenvalue weighted by Crippen LogP contribution is -2.34. The smallest absolute Gasteiger partial charge is 0.251 e. The van der Waals surface area contributed by atoms with Gasteiger partial charge in [0.15, 0.2) is 0 Å². The van der Waals surface area contributed by atoms with E-state index < -0.39 is 0 Å². The fourth-order valence-corrected chi connectivity index (χ4v) is 3.57. The van der Waals surface area contributed by atoms with Gasteiger partial charge in [-0.2, -0.15) is 0 Å². The summed E-state index contributed by atoms with van der Waals surface area (Å²) in [6.45, 7) is 0.330. The van der Waals surface area contributed by atoms with Crippen LogP contribution >= 0.6 is 0 Å². The van der Waals surface area contributed by atoms with Crippen molar-refractivity contribution in [2.75, 3.05) is 26.0 Å². The van der Waals surface area contributed by atoms with Gasteiger partial charge in [0.1, 0.15) is 0 Å². The van der Waals surface area contributed by atoms with Crippen molar-refractivity contribution < 1.29 is 9.59 Å². The fraction of sp³-hybridized carbons (Fsp3) is 0.333. The third-order valence-corrected chi connectivity index (χ3v) is 4.92. The number of rotatable bonds is 5. The molecular formula is C21H25N3O2. The van der Waals surface area contributed by atoms with Crippen LogP contribution in [0.5, 0.6) is 0 Å². The maximum Gasteiger partial charge on any atom is 0.251 e. The standard InChI is InChI=1S/C21H25N3O2/c1-22-21(26)16-10-12-17(13-11-16)23-20(25)14-24(2)19-9-5-7-15-6-3-4-8-18(15)19/h3-4,6,8,10-13,19H,5,7,9,14H2,1-2H3,(H,22,26)(H,23,25). The highest BCUT2D eigenvalue weighted by Crippen LogP contribution is 2.33. The lowest BCUT2D eigenvalue weighted by Gasteiger charge is -2.32. The van der Waals surface area contributed by atoms with Gasteiger partial charge in [-0.15, -0.1) is 0 Å². The summed E-state index contributed by atoms with van der Waals surface area (Å²) in [7, 11) is 3.60. The van der Waals surface area contributed by atoms with Gasteiger partial charge < -0.3 is 10.6 Å². The number of benzene rings is 2. The molecular weight excluding hydrogens is 326 g/mol. The van der Waals surface area contributed by atoms with Crippen molar-refractivity contribution >= 4 is 17.5 Å². The Hall–Kier alpha value is -2.66. The van der Waals surface area contributed by atoms with Crippen LogP contribution in [0.2, 0.25) is 0 Å². The molecule has 136 valence electrons. The molecule has 2 N–H and O–H groups in total. The molecule has 0 saturated carbocycles. The molecule has 0 heterocycles. The monoisotopic (exact) mass is 351 g/mol. The number of hydrogen-bond acceptors (Lipinski definition) is 3. The van der Waals surface area contributed by atoms with Gasteiger partial charge in [-0.05, 0) is 61.7 Å². The van der Waals surface area contributed by atoms with Crippen LogP contribution in [0, 0.1) is 0 Å². The third kappa shape index (κ3) is 4.11. The molecule has 2 aromatic carbocycles. The third-order valence-electron chi connectivity index (χ3n) is 4.92. The lowest BCUT2D eigenvalue weighted by atomic mass is 9.87. The Bertz CT molecular complexity index is 786. The minimum absolute atomic E-state index is 0.0525. The number of amides is 2. The summed E-state index contributed by atoms with van der Waals surface area (Å²) < 4.78 is 0. The van der Waals surface area contributed by atoms with Gasteiger partial charge in [-0.25, -0.2) is 0 Å². The number of carbonyl (C=O) groups is 2. The molecule has 0 spiro atoms. The maximum absolute atomic E-state index is 12.4. The number of hydrogen-bond donors (Lipinski definition) is 2. The van der Waals surface area contributed by atoms with Gasteiger partial charge in [0.2, 0.25) is 5.91 Å². The quantitative estimate of drug-likeness (QED) is 0.870. The molecule has 5 nitrogen and oxygen atoms in total. The van der Waals surface area contributed by atoms with Gasteiger partial charge in [0.25, 0.3) is 5.91 Å². The van der Waals surface area contributed by atoms with Crippen molar-refractivity contribution in [2.45, 2.75) is 25.3 Å². The lowest BCUT2D eigenvalue weighted by molar-refractivity contribution is -0.117.